The van der Waals surface area contributed by atoms with E-state index in [-0.39, 0.29) is 5.76 Å². The smallest absolute Gasteiger partial charge is 0.155 e. The number of hydrogen-bond acceptors (Lipinski definition) is 4. The minimum Gasteiger partial charge on any atom is -0.465 e. The summed E-state index contributed by atoms with van der Waals surface area (Å²) in [4.78, 5) is 0. The van der Waals surface area contributed by atoms with Crippen molar-refractivity contribution in [1.29, 1.82) is 0 Å². The van der Waals surface area contributed by atoms with E-state index < -0.39 is 20.7 Å². The molecule has 1 rings (SSSR count). The van der Waals surface area contributed by atoms with Crippen molar-refractivity contribution in [3.63, 3.8) is 0 Å². The Morgan fingerprint density at radius 1 is 1.53 bits per heavy atom. The monoisotopic (exact) mass is 296 g/mol. The van der Waals surface area contributed by atoms with Crippen LogP contribution in [0.3, 0.4) is 0 Å². The third kappa shape index (κ3) is 2.26. The number of furan rings is 1. The molecule has 1 unspecified atom stereocenters. The third-order valence-electron chi connectivity index (χ3n) is 2.51. The van der Waals surface area contributed by atoms with Gasteiger partial charge in [0.15, 0.2) is 9.84 Å². The van der Waals surface area contributed by atoms with Gasteiger partial charge in [0, 0.05) is 6.26 Å². The Labute approximate surface area is 97.3 Å². The van der Waals surface area contributed by atoms with E-state index in [1.807, 2.05) is 0 Å². The summed E-state index contributed by atoms with van der Waals surface area (Å²) in [5.74, 6) is 0.227. The molecule has 6 heteroatoms. The van der Waals surface area contributed by atoms with Gasteiger partial charge in [0.25, 0.3) is 0 Å². The van der Waals surface area contributed by atoms with E-state index >= 15 is 0 Å². The van der Waals surface area contributed by atoms with E-state index in [2.05, 4.69) is 15.9 Å². The first-order valence-electron chi connectivity index (χ1n) is 4.28. The van der Waals surface area contributed by atoms with Crippen LogP contribution in [0.15, 0.2) is 21.2 Å². The van der Waals surface area contributed by atoms with Gasteiger partial charge in [0.05, 0.1) is 15.5 Å². The molecule has 4 nitrogen and oxygen atoms in total. The van der Waals surface area contributed by atoms with Crippen molar-refractivity contribution in [2.24, 2.45) is 0 Å². The topological polar surface area (TPSA) is 67.5 Å². The first-order chi connectivity index (χ1) is 6.68. The van der Waals surface area contributed by atoms with Crippen molar-refractivity contribution in [1.82, 2.24) is 0 Å². The number of halogens is 1. The lowest BCUT2D eigenvalue weighted by Gasteiger charge is -2.27. The predicted molar refractivity (Wildman–Crippen MR) is 60.3 cm³/mol. The summed E-state index contributed by atoms with van der Waals surface area (Å²) < 4.78 is 27.3. The molecule has 1 N–H and O–H groups in total. The quantitative estimate of drug-likeness (QED) is 0.925. The highest BCUT2D eigenvalue weighted by Gasteiger charge is 2.41. The maximum absolute atomic E-state index is 11.5. The maximum Gasteiger partial charge on any atom is 0.155 e. The molecule has 0 saturated carbocycles. The highest BCUT2D eigenvalue weighted by molar-refractivity contribution is 9.10. The summed E-state index contributed by atoms with van der Waals surface area (Å²) >= 11 is 3.18. The zero-order valence-corrected chi connectivity index (χ0v) is 11.1. The molecule has 15 heavy (non-hydrogen) atoms. The lowest BCUT2D eigenvalue weighted by molar-refractivity contribution is 0.114. The second kappa shape index (κ2) is 3.92. The van der Waals surface area contributed by atoms with E-state index in [0.29, 0.717) is 4.47 Å². The lowest BCUT2D eigenvalue weighted by atomic mass is 10.0. The van der Waals surface area contributed by atoms with Gasteiger partial charge in [-0.3, -0.25) is 0 Å². The SMILES string of the molecule is CC(C)(C(O)c1occc1Br)S(C)(=O)=O. The molecule has 0 aliphatic carbocycles. The highest BCUT2D eigenvalue weighted by Crippen LogP contribution is 2.35. The van der Waals surface area contributed by atoms with Crippen LogP contribution in [-0.4, -0.2) is 24.5 Å². The van der Waals surface area contributed by atoms with Crippen LogP contribution in [0.25, 0.3) is 0 Å². The lowest BCUT2D eigenvalue weighted by Crippen LogP contribution is -2.37. The molecular weight excluding hydrogens is 284 g/mol. The Morgan fingerprint density at radius 2 is 2.07 bits per heavy atom. The van der Waals surface area contributed by atoms with Gasteiger partial charge in [-0.15, -0.1) is 0 Å². The van der Waals surface area contributed by atoms with Gasteiger partial charge in [0.1, 0.15) is 11.9 Å². The van der Waals surface area contributed by atoms with Crippen LogP contribution in [0.5, 0.6) is 0 Å². The summed E-state index contributed by atoms with van der Waals surface area (Å²) in [5.41, 5.74) is 0. The van der Waals surface area contributed by atoms with Crippen molar-refractivity contribution >= 4 is 25.8 Å². The molecule has 0 bridgehead atoms. The fraction of sp³-hybridized carbons (Fsp3) is 0.556. The van der Waals surface area contributed by atoms with Crippen LogP contribution in [0.4, 0.5) is 0 Å². The van der Waals surface area contributed by atoms with Gasteiger partial charge in [-0.2, -0.15) is 0 Å². The average Bonchev–Trinajstić information content (AvgIpc) is 2.48. The molecule has 1 atom stereocenters. The van der Waals surface area contributed by atoms with Crippen molar-refractivity contribution < 1.29 is 17.9 Å². The van der Waals surface area contributed by atoms with Gasteiger partial charge in [-0.05, 0) is 35.8 Å². The van der Waals surface area contributed by atoms with Crippen LogP contribution >= 0.6 is 15.9 Å². The maximum atomic E-state index is 11.5. The van der Waals surface area contributed by atoms with E-state index in [1.165, 1.54) is 20.1 Å². The largest absolute Gasteiger partial charge is 0.465 e. The van der Waals surface area contributed by atoms with E-state index in [9.17, 15) is 13.5 Å². The molecule has 1 heterocycles. The van der Waals surface area contributed by atoms with Gasteiger partial charge in [-0.1, -0.05) is 0 Å². The Bertz CT molecular complexity index is 446. The zero-order chi connectivity index (χ0) is 11.9. The third-order valence-corrected chi connectivity index (χ3v) is 5.30. The highest BCUT2D eigenvalue weighted by atomic mass is 79.9. The summed E-state index contributed by atoms with van der Waals surface area (Å²) in [6, 6.07) is 1.61. The van der Waals surface area contributed by atoms with Crippen molar-refractivity contribution in [2.75, 3.05) is 6.26 Å². The first-order valence-corrected chi connectivity index (χ1v) is 6.97. The first kappa shape index (κ1) is 12.7. The fourth-order valence-corrected chi connectivity index (χ4v) is 1.95. The minimum absolute atomic E-state index is 0.227. The Balaban J connectivity index is 3.16. The number of aliphatic hydroxyl groups is 1. The molecule has 0 aliphatic heterocycles. The molecule has 0 spiro atoms. The summed E-state index contributed by atoms with van der Waals surface area (Å²) in [5, 5.41) is 9.95. The normalized spacial score (nSPS) is 15.3. The Kier molecular flexibility index (Phi) is 3.33. The van der Waals surface area contributed by atoms with Crippen LogP contribution in [0.1, 0.15) is 25.7 Å². The van der Waals surface area contributed by atoms with Gasteiger partial charge < -0.3 is 9.52 Å². The Morgan fingerprint density at radius 3 is 2.40 bits per heavy atom. The molecule has 0 saturated heterocycles. The molecule has 1 aromatic heterocycles. The molecule has 86 valence electrons. The molecule has 0 amide bonds. The van der Waals surface area contributed by atoms with Crippen molar-refractivity contribution in [3.8, 4) is 0 Å². The molecule has 0 aromatic carbocycles. The minimum atomic E-state index is -3.38. The van der Waals surface area contributed by atoms with E-state index in [0.717, 1.165) is 6.26 Å². The molecular formula is C9H13BrO4S. The molecule has 1 aromatic rings. The van der Waals surface area contributed by atoms with Gasteiger partial charge in [0.2, 0.25) is 0 Å². The van der Waals surface area contributed by atoms with E-state index in [1.54, 1.807) is 6.07 Å². The van der Waals surface area contributed by atoms with Crippen LogP contribution in [0, 0.1) is 0 Å². The fourth-order valence-electron chi connectivity index (χ4n) is 1.02. The summed E-state index contributed by atoms with van der Waals surface area (Å²) in [6.45, 7) is 2.92. The van der Waals surface area contributed by atoms with Crippen LogP contribution in [-0.2, 0) is 9.84 Å². The molecule has 0 fully saturated rings. The molecule has 0 radical (unpaired) electrons. The van der Waals surface area contributed by atoms with Crippen molar-refractivity contribution in [2.45, 2.75) is 24.7 Å². The summed E-state index contributed by atoms with van der Waals surface area (Å²) in [6.07, 6.45) is 1.28. The second-order valence-corrected chi connectivity index (χ2v) is 7.36. The number of rotatable bonds is 3. The van der Waals surface area contributed by atoms with E-state index in [4.69, 9.17) is 4.42 Å². The standard InChI is InChI=1S/C9H13BrO4S/c1-9(2,15(3,12)13)8(11)7-6(10)4-5-14-7/h4-5,8,11H,1-3H3. The molecule has 0 aliphatic rings. The van der Waals surface area contributed by atoms with Gasteiger partial charge in [-0.25, -0.2) is 8.42 Å². The number of sulfone groups is 1. The van der Waals surface area contributed by atoms with Gasteiger partial charge >= 0.3 is 0 Å². The Hall–Kier alpha value is -0.330. The zero-order valence-electron chi connectivity index (χ0n) is 8.69. The van der Waals surface area contributed by atoms with Crippen LogP contribution < -0.4 is 0 Å². The summed E-state index contributed by atoms with van der Waals surface area (Å²) in [7, 11) is -3.38. The predicted octanol–water partition coefficient (Wildman–Crippen LogP) is 1.90. The number of hydrogen-bond donors (Lipinski definition) is 1. The second-order valence-electron chi connectivity index (χ2n) is 3.91. The average molecular weight is 297 g/mol. The van der Waals surface area contributed by atoms with Crippen LogP contribution in [0.2, 0.25) is 0 Å². The number of aliphatic hydroxyl groups excluding tert-OH is 1. The van der Waals surface area contributed by atoms with Crippen molar-refractivity contribution in [3.05, 3.63) is 22.6 Å².